The van der Waals surface area contributed by atoms with Crippen LogP contribution in [0.4, 0.5) is 0 Å². The SMILES string of the molecule is [CH2]CCCCCCCCCC#CCC. The first-order valence-electron chi connectivity index (χ1n) is 6.16. The van der Waals surface area contributed by atoms with E-state index < -0.39 is 0 Å². The van der Waals surface area contributed by atoms with Crippen molar-refractivity contribution in [3.8, 4) is 11.8 Å². The van der Waals surface area contributed by atoms with Gasteiger partial charge in [-0.15, -0.1) is 11.8 Å². The van der Waals surface area contributed by atoms with Gasteiger partial charge in [-0.25, -0.2) is 0 Å². The zero-order chi connectivity index (χ0) is 10.5. The molecule has 0 fully saturated rings. The Hall–Kier alpha value is -0.440. The lowest BCUT2D eigenvalue weighted by Gasteiger charge is -1.99. The minimum Gasteiger partial charge on any atom is -0.104 e. The monoisotopic (exact) mass is 193 g/mol. The quantitative estimate of drug-likeness (QED) is 0.385. The van der Waals surface area contributed by atoms with Crippen LogP contribution in [0.3, 0.4) is 0 Å². The van der Waals surface area contributed by atoms with Crippen LogP contribution in [-0.2, 0) is 0 Å². The predicted octanol–water partition coefficient (Wildman–Crippen LogP) is 4.74. The van der Waals surface area contributed by atoms with E-state index in [1.165, 1.54) is 44.9 Å². The number of rotatable bonds is 8. The van der Waals surface area contributed by atoms with E-state index in [1.54, 1.807) is 0 Å². The molecule has 0 heteroatoms. The minimum atomic E-state index is 1.01. The lowest BCUT2D eigenvalue weighted by Crippen LogP contribution is -1.80. The van der Waals surface area contributed by atoms with Gasteiger partial charge in [0.15, 0.2) is 0 Å². The van der Waals surface area contributed by atoms with Gasteiger partial charge in [-0.2, -0.15) is 0 Å². The summed E-state index contributed by atoms with van der Waals surface area (Å²) in [5, 5.41) is 0. The molecule has 0 N–H and O–H groups in total. The molecule has 0 atom stereocenters. The molecule has 0 aliphatic rings. The van der Waals surface area contributed by atoms with Crippen LogP contribution in [0.5, 0.6) is 0 Å². The number of unbranched alkanes of at least 4 members (excludes halogenated alkanes) is 8. The summed E-state index contributed by atoms with van der Waals surface area (Å²) in [6.07, 6.45) is 12.7. The second-order valence-corrected chi connectivity index (χ2v) is 3.79. The standard InChI is InChI=1S/C14H25/c1-3-5-7-9-11-13-14-12-10-8-6-4-2/h1,3-5,7,9-14H2,2H3. The highest BCUT2D eigenvalue weighted by Gasteiger charge is 1.89. The Morgan fingerprint density at radius 1 is 0.786 bits per heavy atom. The van der Waals surface area contributed by atoms with Crippen LogP contribution in [0.1, 0.15) is 71.1 Å². The molecule has 14 heavy (non-hydrogen) atoms. The van der Waals surface area contributed by atoms with Gasteiger partial charge < -0.3 is 0 Å². The Bertz CT molecular complexity index is 147. The van der Waals surface area contributed by atoms with Crippen LogP contribution in [0.15, 0.2) is 0 Å². The fraction of sp³-hybridized carbons (Fsp3) is 0.786. The molecule has 1 radical (unpaired) electrons. The molecule has 0 aromatic heterocycles. The fourth-order valence-corrected chi connectivity index (χ4v) is 1.49. The maximum Gasteiger partial charge on any atom is 0.00886 e. The largest absolute Gasteiger partial charge is 0.104 e. The smallest absolute Gasteiger partial charge is 0.00886 e. The van der Waals surface area contributed by atoms with E-state index in [0.717, 1.165) is 19.3 Å². The van der Waals surface area contributed by atoms with E-state index in [9.17, 15) is 0 Å². The summed E-state index contributed by atoms with van der Waals surface area (Å²) in [6.45, 7) is 5.95. The van der Waals surface area contributed by atoms with Gasteiger partial charge in [-0.05, 0) is 6.42 Å². The molecule has 81 valence electrons. The summed E-state index contributed by atoms with van der Waals surface area (Å²) < 4.78 is 0. The minimum absolute atomic E-state index is 1.01. The van der Waals surface area contributed by atoms with Gasteiger partial charge in [0.25, 0.3) is 0 Å². The highest BCUT2D eigenvalue weighted by Crippen LogP contribution is 2.08. The fourth-order valence-electron chi connectivity index (χ4n) is 1.49. The molecule has 0 saturated carbocycles. The zero-order valence-electron chi connectivity index (χ0n) is 9.78. The van der Waals surface area contributed by atoms with Crippen LogP contribution in [0.2, 0.25) is 0 Å². The summed E-state index contributed by atoms with van der Waals surface area (Å²) in [7, 11) is 0. The van der Waals surface area contributed by atoms with E-state index in [-0.39, 0.29) is 0 Å². The molecule has 0 aliphatic carbocycles. The third-order valence-electron chi connectivity index (χ3n) is 2.35. The molecule has 0 rings (SSSR count). The van der Waals surface area contributed by atoms with Crippen molar-refractivity contribution < 1.29 is 0 Å². The molecule has 0 aliphatic heterocycles. The van der Waals surface area contributed by atoms with Crippen molar-refractivity contribution in [2.75, 3.05) is 0 Å². The van der Waals surface area contributed by atoms with Gasteiger partial charge in [-0.1, -0.05) is 58.8 Å². The third-order valence-corrected chi connectivity index (χ3v) is 2.35. The Balaban J connectivity index is 2.92. The molecule has 0 amide bonds. The molecule has 0 bridgehead atoms. The summed E-state index contributed by atoms with van der Waals surface area (Å²) >= 11 is 0. The zero-order valence-corrected chi connectivity index (χ0v) is 9.78. The van der Waals surface area contributed by atoms with E-state index in [2.05, 4.69) is 25.7 Å². The Labute approximate surface area is 90.5 Å². The number of hydrogen-bond acceptors (Lipinski definition) is 0. The van der Waals surface area contributed by atoms with Gasteiger partial charge in [0, 0.05) is 12.8 Å². The molecule has 0 aromatic rings. The first-order chi connectivity index (χ1) is 6.91. The van der Waals surface area contributed by atoms with Gasteiger partial charge in [0.05, 0.1) is 0 Å². The van der Waals surface area contributed by atoms with Crippen LogP contribution < -0.4 is 0 Å². The van der Waals surface area contributed by atoms with E-state index >= 15 is 0 Å². The van der Waals surface area contributed by atoms with Crippen molar-refractivity contribution in [1.82, 2.24) is 0 Å². The first-order valence-corrected chi connectivity index (χ1v) is 6.16. The maximum atomic E-state index is 3.85. The summed E-state index contributed by atoms with van der Waals surface area (Å²) in [5.41, 5.74) is 0. The molecule has 0 nitrogen and oxygen atoms in total. The van der Waals surface area contributed by atoms with Crippen molar-refractivity contribution >= 4 is 0 Å². The average Bonchev–Trinajstić information content (AvgIpc) is 2.21. The van der Waals surface area contributed by atoms with Crippen molar-refractivity contribution in [2.24, 2.45) is 0 Å². The molecular formula is C14H25. The first kappa shape index (κ1) is 13.6. The topological polar surface area (TPSA) is 0 Å². The predicted molar refractivity (Wildman–Crippen MR) is 65.0 cm³/mol. The van der Waals surface area contributed by atoms with Crippen LogP contribution in [0, 0.1) is 18.8 Å². The van der Waals surface area contributed by atoms with Crippen LogP contribution in [-0.4, -0.2) is 0 Å². The van der Waals surface area contributed by atoms with Crippen LogP contribution >= 0.6 is 0 Å². The van der Waals surface area contributed by atoms with E-state index in [0.29, 0.717) is 0 Å². The van der Waals surface area contributed by atoms with E-state index in [4.69, 9.17) is 0 Å². The molecule has 0 saturated heterocycles. The third kappa shape index (κ3) is 11.6. The van der Waals surface area contributed by atoms with E-state index in [1.807, 2.05) is 0 Å². The summed E-state index contributed by atoms with van der Waals surface area (Å²) in [4.78, 5) is 0. The molecule has 0 spiro atoms. The second kappa shape index (κ2) is 12.6. The average molecular weight is 193 g/mol. The number of hydrogen-bond donors (Lipinski definition) is 0. The van der Waals surface area contributed by atoms with Gasteiger partial charge in [0.1, 0.15) is 0 Å². The van der Waals surface area contributed by atoms with Crippen LogP contribution in [0.25, 0.3) is 0 Å². The molecular weight excluding hydrogens is 168 g/mol. The highest BCUT2D eigenvalue weighted by molar-refractivity contribution is 4.97. The van der Waals surface area contributed by atoms with Crippen molar-refractivity contribution in [2.45, 2.75) is 71.1 Å². The normalized spacial score (nSPS) is 9.57. The summed E-state index contributed by atoms with van der Waals surface area (Å²) in [6, 6.07) is 0. The van der Waals surface area contributed by atoms with Crippen molar-refractivity contribution in [1.29, 1.82) is 0 Å². The molecule has 0 aromatic carbocycles. The Kier molecular flexibility index (Phi) is 12.2. The van der Waals surface area contributed by atoms with Gasteiger partial charge in [0.2, 0.25) is 0 Å². The van der Waals surface area contributed by atoms with Gasteiger partial charge in [-0.3, -0.25) is 0 Å². The second-order valence-electron chi connectivity index (χ2n) is 3.79. The Morgan fingerprint density at radius 2 is 1.36 bits per heavy atom. The molecule has 0 unspecified atom stereocenters. The lowest BCUT2D eigenvalue weighted by atomic mass is 10.1. The Morgan fingerprint density at radius 3 is 1.93 bits per heavy atom. The molecule has 0 heterocycles. The van der Waals surface area contributed by atoms with Crippen molar-refractivity contribution in [3.05, 3.63) is 6.92 Å². The van der Waals surface area contributed by atoms with Crippen molar-refractivity contribution in [3.63, 3.8) is 0 Å². The highest BCUT2D eigenvalue weighted by atomic mass is 14.0. The summed E-state index contributed by atoms with van der Waals surface area (Å²) in [5.74, 6) is 6.30. The lowest BCUT2D eigenvalue weighted by molar-refractivity contribution is 0.585. The van der Waals surface area contributed by atoms with Gasteiger partial charge >= 0.3 is 0 Å². The maximum absolute atomic E-state index is 3.85.